The van der Waals surface area contributed by atoms with E-state index in [1.807, 2.05) is 0 Å². The topological polar surface area (TPSA) is 3.24 Å². The molecule has 76 valence electrons. The molecule has 0 aromatic heterocycles. The van der Waals surface area contributed by atoms with Crippen LogP contribution in [0.5, 0.6) is 0 Å². The van der Waals surface area contributed by atoms with Crippen molar-refractivity contribution in [2.24, 2.45) is 5.92 Å². The summed E-state index contributed by atoms with van der Waals surface area (Å²) in [4.78, 5) is 2.54. The number of thiol groups is 1. The average molecular weight is 199 g/mol. The Balaban J connectivity index is 2.23. The van der Waals surface area contributed by atoms with Gasteiger partial charge < -0.3 is 0 Å². The summed E-state index contributed by atoms with van der Waals surface area (Å²) in [5.74, 6) is 1.85. The smallest absolute Gasteiger partial charge is 0.0166 e. The Labute approximate surface area is 87.6 Å². The van der Waals surface area contributed by atoms with Crippen molar-refractivity contribution in [1.82, 2.24) is 4.90 Å². The normalized spacial score (nSPS) is 17.9. The van der Waals surface area contributed by atoms with Gasteiger partial charge in [-0.2, -0.15) is 12.6 Å². The fraction of sp³-hybridized carbons (Fsp3) is 0.818. The summed E-state index contributed by atoms with van der Waals surface area (Å²) in [6.45, 7) is 6.93. The van der Waals surface area contributed by atoms with Crippen LogP contribution in [0.2, 0.25) is 0 Å². The minimum atomic E-state index is 0.671. The summed E-state index contributed by atoms with van der Waals surface area (Å²) in [6, 6.07) is 0.671. The molecule has 0 heterocycles. The van der Waals surface area contributed by atoms with Crippen LogP contribution in [-0.4, -0.2) is 29.8 Å². The third kappa shape index (κ3) is 4.72. The van der Waals surface area contributed by atoms with Crippen LogP contribution >= 0.6 is 12.6 Å². The number of hydrogen-bond acceptors (Lipinski definition) is 2. The zero-order valence-corrected chi connectivity index (χ0v) is 9.63. The zero-order valence-electron chi connectivity index (χ0n) is 8.74. The van der Waals surface area contributed by atoms with Gasteiger partial charge in [-0.25, -0.2) is 0 Å². The summed E-state index contributed by atoms with van der Waals surface area (Å²) in [5, 5.41) is 0. The van der Waals surface area contributed by atoms with E-state index in [1.165, 1.54) is 19.4 Å². The van der Waals surface area contributed by atoms with Gasteiger partial charge in [0.1, 0.15) is 0 Å². The minimum absolute atomic E-state index is 0.671. The van der Waals surface area contributed by atoms with Crippen molar-refractivity contribution in [3.63, 3.8) is 0 Å². The Bertz CT molecular complexity index is 161. The van der Waals surface area contributed by atoms with E-state index in [-0.39, 0.29) is 0 Å². The molecule has 0 aromatic rings. The molecular weight excluding hydrogens is 178 g/mol. The van der Waals surface area contributed by atoms with Crippen LogP contribution in [0, 0.1) is 5.92 Å². The van der Waals surface area contributed by atoms with E-state index in [0.717, 1.165) is 18.2 Å². The Morgan fingerprint density at radius 2 is 2.08 bits per heavy atom. The molecule has 1 aliphatic rings. The maximum atomic E-state index is 4.15. The summed E-state index contributed by atoms with van der Waals surface area (Å²) in [5.41, 5.74) is 0. The maximum absolute atomic E-state index is 4.15. The Hall–Kier alpha value is 0.0500. The molecule has 0 unspecified atom stereocenters. The molecule has 0 aliphatic heterocycles. The van der Waals surface area contributed by atoms with Crippen molar-refractivity contribution in [3.8, 4) is 0 Å². The van der Waals surface area contributed by atoms with Gasteiger partial charge in [-0.3, -0.25) is 4.90 Å². The van der Waals surface area contributed by atoms with Gasteiger partial charge in [-0.1, -0.05) is 12.2 Å². The first-order chi connectivity index (χ1) is 6.24. The van der Waals surface area contributed by atoms with Crippen molar-refractivity contribution in [1.29, 1.82) is 0 Å². The van der Waals surface area contributed by atoms with Crippen LogP contribution in [0.1, 0.15) is 26.7 Å². The molecule has 0 radical (unpaired) electrons. The SMILES string of the molecule is CC(C)N(CC=CCS)CC1CC1. The highest BCUT2D eigenvalue weighted by Gasteiger charge is 2.24. The van der Waals surface area contributed by atoms with Crippen LogP contribution < -0.4 is 0 Å². The third-order valence-corrected chi connectivity index (χ3v) is 2.74. The Morgan fingerprint density at radius 1 is 1.38 bits per heavy atom. The predicted octanol–water partition coefficient (Wildman–Crippen LogP) is 2.59. The lowest BCUT2D eigenvalue weighted by atomic mass is 10.2. The minimum Gasteiger partial charge on any atom is -0.297 e. The molecule has 1 saturated carbocycles. The number of rotatable bonds is 6. The lowest BCUT2D eigenvalue weighted by Crippen LogP contribution is -2.32. The molecule has 1 fully saturated rings. The second-order valence-electron chi connectivity index (χ2n) is 4.15. The summed E-state index contributed by atoms with van der Waals surface area (Å²) in [6.07, 6.45) is 7.25. The summed E-state index contributed by atoms with van der Waals surface area (Å²) in [7, 11) is 0. The second-order valence-corrected chi connectivity index (χ2v) is 4.51. The molecule has 13 heavy (non-hydrogen) atoms. The van der Waals surface area contributed by atoms with Crippen molar-refractivity contribution in [3.05, 3.63) is 12.2 Å². The average Bonchev–Trinajstić information content (AvgIpc) is 2.86. The Morgan fingerprint density at radius 3 is 2.54 bits per heavy atom. The molecule has 1 aliphatic carbocycles. The van der Waals surface area contributed by atoms with Crippen LogP contribution in [0.25, 0.3) is 0 Å². The second kappa shape index (κ2) is 5.71. The van der Waals surface area contributed by atoms with E-state index in [0.29, 0.717) is 6.04 Å². The van der Waals surface area contributed by atoms with Crippen molar-refractivity contribution >= 4 is 12.6 Å². The molecule has 0 amide bonds. The van der Waals surface area contributed by atoms with Gasteiger partial charge >= 0.3 is 0 Å². The van der Waals surface area contributed by atoms with Gasteiger partial charge in [-0.05, 0) is 32.6 Å². The summed E-state index contributed by atoms with van der Waals surface area (Å²) >= 11 is 4.15. The predicted molar refractivity (Wildman–Crippen MR) is 62.4 cm³/mol. The van der Waals surface area contributed by atoms with E-state index in [2.05, 4.69) is 43.5 Å². The van der Waals surface area contributed by atoms with Crippen LogP contribution in [-0.2, 0) is 0 Å². The van der Waals surface area contributed by atoms with Crippen LogP contribution in [0.15, 0.2) is 12.2 Å². The fourth-order valence-electron chi connectivity index (χ4n) is 1.41. The zero-order chi connectivity index (χ0) is 9.68. The third-order valence-electron chi connectivity index (χ3n) is 2.53. The number of nitrogens with zero attached hydrogens (tertiary/aromatic N) is 1. The monoisotopic (exact) mass is 199 g/mol. The lowest BCUT2D eigenvalue weighted by molar-refractivity contribution is 0.236. The van der Waals surface area contributed by atoms with Gasteiger partial charge in [0.2, 0.25) is 0 Å². The molecule has 0 aromatic carbocycles. The quantitative estimate of drug-likeness (QED) is 0.508. The molecule has 1 nitrogen and oxygen atoms in total. The maximum Gasteiger partial charge on any atom is 0.0166 e. The largest absolute Gasteiger partial charge is 0.297 e. The first kappa shape index (κ1) is 11.1. The van der Waals surface area contributed by atoms with E-state index in [4.69, 9.17) is 0 Å². The highest BCUT2D eigenvalue weighted by molar-refractivity contribution is 7.80. The fourth-order valence-corrected chi connectivity index (χ4v) is 1.56. The van der Waals surface area contributed by atoms with E-state index >= 15 is 0 Å². The van der Waals surface area contributed by atoms with E-state index in [1.54, 1.807) is 0 Å². The highest BCUT2D eigenvalue weighted by Crippen LogP contribution is 2.30. The first-order valence-corrected chi connectivity index (χ1v) is 5.87. The van der Waals surface area contributed by atoms with E-state index in [9.17, 15) is 0 Å². The molecule has 2 heteroatoms. The van der Waals surface area contributed by atoms with Crippen LogP contribution in [0.4, 0.5) is 0 Å². The van der Waals surface area contributed by atoms with E-state index < -0.39 is 0 Å². The molecule has 0 bridgehead atoms. The van der Waals surface area contributed by atoms with Crippen molar-refractivity contribution in [2.45, 2.75) is 32.7 Å². The molecule has 0 saturated heterocycles. The summed E-state index contributed by atoms with van der Waals surface area (Å²) < 4.78 is 0. The van der Waals surface area contributed by atoms with Crippen molar-refractivity contribution in [2.75, 3.05) is 18.8 Å². The molecule has 0 spiro atoms. The molecule has 1 rings (SSSR count). The Kier molecular flexibility index (Phi) is 4.89. The molecule has 0 atom stereocenters. The van der Waals surface area contributed by atoms with Gasteiger partial charge in [0.25, 0.3) is 0 Å². The van der Waals surface area contributed by atoms with Gasteiger partial charge in [-0.15, -0.1) is 0 Å². The number of hydrogen-bond donors (Lipinski definition) is 1. The standard InChI is InChI=1S/C11H21NS/c1-10(2)12(7-3-4-8-13)9-11-5-6-11/h3-4,10-11,13H,5-9H2,1-2H3. The molecular formula is C11H21NS. The van der Waals surface area contributed by atoms with Crippen molar-refractivity contribution < 1.29 is 0 Å². The van der Waals surface area contributed by atoms with Gasteiger partial charge in [0, 0.05) is 24.9 Å². The van der Waals surface area contributed by atoms with Crippen LogP contribution in [0.3, 0.4) is 0 Å². The lowest BCUT2D eigenvalue weighted by Gasteiger charge is -2.24. The first-order valence-electron chi connectivity index (χ1n) is 5.24. The highest BCUT2D eigenvalue weighted by atomic mass is 32.1. The molecule has 0 N–H and O–H groups in total. The van der Waals surface area contributed by atoms with Gasteiger partial charge in [0.05, 0.1) is 0 Å². The van der Waals surface area contributed by atoms with Gasteiger partial charge in [0.15, 0.2) is 0 Å².